The fourth-order valence-corrected chi connectivity index (χ4v) is 7.20. The van der Waals surface area contributed by atoms with Crippen LogP contribution in [0, 0.1) is 0 Å². The molecule has 2 fully saturated rings. The maximum Gasteiger partial charge on any atom is 0.415 e. The van der Waals surface area contributed by atoms with E-state index in [1.165, 1.54) is 16.7 Å². The van der Waals surface area contributed by atoms with E-state index in [1.807, 2.05) is 49.4 Å². The molecular weight excluding hydrogens is 648 g/mol. The van der Waals surface area contributed by atoms with E-state index in [4.69, 9.17) is 26.1 Å². The molecule has 0 spiro atoms. The molecule has 1 atom stereocenters. The van der Waals surface area contributed by atoms with Gasteiger partial charge < -0.3 is 23.8 Å². The van der Waals surface area contributed by atoms with Crippen molar-refractivity contribution in [2.75, 3.05) is 70.5 Å². The second-order valence-corrected chi connectivity index (χ2v) is 13.3. The number of hydrogen-bond donors (Lipinski definition) is 0. The van der Waals surface area contributed by atoms with Crippen LogP contribution in [0.2, 0.25) is 5.02 Å². The zero-order chi connectivity index (χ0) is 34.3. The first kappa shape index (κ1) is 34.1. The number of imidazole rings is 1. The molecule has 0 N–H and O–H groups in total. The van der Waals surface area contributed by atoms with E-state index in [2.05, 4.69) is 79.9 Å². The van der Waals surface area contributed by atoms with Gasteiger partial charge in [0.1, 0.15) is 5.75 Å². The first-order chi connectivity index (χ1) is 24.6. The topological polar surface area (TPSA) is 66.3 Å². The molecule has 3 heterocycles. The Kier molecular flexibility index (Phi) is 11.0. The number of carbonyl (C=O) groups is 1. The molecule has 5 aromatic rings. The summed E-state index contributed by atoms with van der Waals surface area (Å²) in [5.41, 5.74) is 5.83. The molecule has 2 saturated heterocycles. The fraction of sp³-hybridized carbons (Fsp3) is 0.350. The summed E-state index contributed by atoms with van der Waals surface area (Å²) in [6.45, 7) is 11.3. The van der Waals surface area contributed by atoms with E-state index in [9.17, 15) is 4.79 Å². The van der Waals surface area contributed by atoms with Crippen LogP contribution in [-0.4, -0.2) is 95.9 Å². The van der Waals surface area contributed by atoms with Gasteiger partial charge in [-0.3, -0.25) is 9.80 Å². The number of para-hydroxylation sites is 2. The summed E-state index contributed by atoms with van der Waals surface area (Å²) in [6.07, 6.45) is -0.313. The van der Waals surface area contributed by atoms with E-state index in [0.717, 1.165) is 61.3 Å². The molecule has 9 nitrogen and oxygen atoms in total. The molecule has 1 aromatic heterocycles. The summed E-state index contributed by atoms with van der Waals surface area (Å²) in [4.78, 5) is 27.2. The van der Waals surface area contributed by atoms with Gasteiger partial charge in [0.2, 0.25) is 5.95 Å². The quantitative estimate of drug-likeness (QED) is 0.139. The van der Waals surface area contributed by atoms with Crippen molar-refractivity contribution in [2.24, 2.45) is 0 Å². The third-order valence-corrected chi connectivity index (χ3v) is 9.98. The lowest BCUT2D eigenvalue weighted by Gasteiger charge is -2.40. The second kappa shape index (κ2) is 16.1. The molecule has 50 heavy (non-hydrogen) atoms. The number of hydrogen-bond acceptors (Lipinski definition) is 7. The highest BCUT2D eigenvalue weighted by molar-refractivity contribution is 6.30. The zero-order valence-corrected chi connectivity index (χ0v) is 29.4. The van der Waals surface area contributed by atoms with Crippen molar-refractivity contribution >= 4 is 34.7 Å². The average Bonchev–Trinajstić information content (AvgIpc) is 3.53. The largest absolute Gasteiger partial charge is 0.415 e. The minimum atomic E-state index is -0.313. The van der Waals surface area contributed by atoms with Crippen LogP contribution in [0.15, 0.2) is 103 Å². The monoisotopic (exact) mass is 692 g/mol. The first-order valence-electron chi connectivity index (χ1n) is 17.7. The molecular formula is C40H45ClN6O3. The van der Waals surface area contributed by atoms with Crippen LogP contribution in [0.25, 0.3) is 11.0 Å². The maximum absolute atomic E-state index is 13.1. The number of piperazine rings is 2. The van der Waals surface area contributed by atoms with Crippen LogP contribution in [0.5, 0.6) is 5.75 Å². The molecule has 0 radical (unpaired) electrons. The first-order valence-corrected chi connectivity index (χ1v) is 18.0. The van der Waals surface area contributed by atoms with Crippen LogP contribution in [-0.2, 0) is 17.8 Å². The van der Waals surface area contributed by atoms with Gasteiger partial charge in [0.15, 0.2) is 0 Å². The summed E-state index contributed by atoms with van der Waals surface area (Å²) in [5, 5.41) is 0.757. The van der Waals surface area contributed by atoms with Gasteiger partial charge in [-0.1, -0.05) is 78.3 Å². The summed E-state index contributed by atoms with van der Waals surface area (Å²) in [6, 6.07) is 35.3. The van der Waals surface area contributed by atoms with Gasteiger partial charge in [0.25, 0.3) is 0 Å². The molecule has 260 valence electrons. The van der Waals surface area contributed by atoms with Crippen molar-refractivity contribution in [1.82, 2.24) is 24.3 Å². The van der Waals surface area contributed by atoms with Crippen molar-refractivity contribution < 1.29 is 14.3 Å². The van der Waals surface area contributed by atoms with Gasteiger partial charge in [0, 0.05) is 77.1 Å². The highest BCUT2D eigenvalue weighted by Gasteiger charge is 2.28. The van der Waals surface area contributed by atoms with E-state index in [-0.39, 0.29) is 12.1 Å². The molecule has 0 bridgehead atoms. The van der Waals surface area contributed by atoms with Crippen LogP contribution in [0.3, 0.4) is 0 Å². The lowest BCUT2D eigenvalue weighted by molar-refractivity contribution is 0.105. The lowest BCUT2D eigenvalue weighted by Crippen LogP contribution is -2.50. The van der Waals surface area contributed by atoms with E-state index >= 15 is 0 Å². The molecule has 1 unspecified atom stereocenters. The Bertz CT molecular complexity index is 1830. The van der Waals surface area contributed by atoms with E-state index in [1.54, 1.807) is 4.90 Å². The number of aromatic nitrogens is 2. The Morgan fingerprint density at radius 3 is 2.18 bits per heavy atom. The molecule has 1 amide bonds. The average molecular weight is 693 g/mol. The number of benzene rings is 4. The Morgan fingerprint density at radius 1 is 0.780 bits per heavy atom. The Hall–Kier alpha value is -4.41. The van der Waals surface area contributed by atoms with E-state index < -0.39 is 0 Å². The second-order valence-electron chi connectivity index (χ2n) is 12.9. The van der Waals surface area contributed by atoms with E-state index in [0.29, 0.717) is 45.1 Å². The van der Waals surface area contributed by atoms with Gasteiger partial charge in [-0.25, -0.2) is 9.78 Å². The van der Waals surface area contributed by atoms with Gasteiger partial charge >= 0.3 is 6.09 Å². The predicted octanol–water partition coefficient (Wildman–Crippen LogP) is 6.95. The third kappa shape index (κ3) is 7.97. The van der Waals surface area contributed by atoms with Crippen molar-refractivity contribution in [1.29, 1.82) is 0 Å². The molecule has 2 aliphatic heterocycles. The standard InChI is InChI=1S/C40H45ClN6O3/c1-2-49-29-28-47-37-11-7-6-10-36(37)42-39(47)45-24-26-46(27-25-45)40(48)50-35-18-12-31(13-19-35)30-43-20-22-44(23-21-43)38(32-8-4-3-5-9-32)33-14-16-34(41)17-15-33/h3-19,38H,2,20-30H2,1H3. The van der Waals surface area contributed by atoms with Crippen molar-refractivity contribution in [2.45, 2.75) is 26.1 Å². The Labute approximate surface area is 299 Å². The predicted molar refractivity (Wildman–Crippen MR) is 199 cm³/mol. The summed E-state index contributed by atoms with van der Waals surface area (Å²) in [5.74, 6) is 1.49. The molecule has 0 saturated carbocycles. The number of anilines is 1. The number of rotatable bonds is 11. The number of ether oxygens (including phenoxy) is 2. The van der Waals surface area contributed by atoms with Crippen molar-refractivity contribution in [3.8, 4) is 5.75 Å². The lowest BCUT2D eigenvalue weighted by atomic mass is 9.96. The Balaban J connectivity index is 0.902. The van der Waals surface area contributed by atoms with Gasteiger partial charge in [-0.05, 0) is 60.0 Å². The normalized spacial score (nSPS) is 16.5. The summed E-state index contributed by atoms with van der Waals surface area (Å²) in [7, 11) is 0. The number of fused-ring (bicyclic) bond motifs is 1. The van der Waals surface area contributed by atoms with Crippen LogP contribution >= 0.6 is 11.6 Å². The van der Waals surface area contributed by atoms with Crippen molar-refractivity contribution in [3.63, 3.8) is 0 Å². The summed E-state index contributed by atoms with van der Waals surface area (Å²) < 4.78 is 13.7. The number of nitrogens with zero attached hydrogens (tertiary/aromatic N) is 6. The zero-order valence-electron chi connectivity index (χ0n) is 28.7. The minimum absolute atomic E-state index is 0.196. The SMILES string of the molecule is CCOCCn1c(N2CCN(C(=O)Oc3ccc(CN4CCN(C(c5ccccc5)c5ccc(Cl)cc5)CC4)cc3)CC2)nc2ccccc21. The highest BCUT2D eigenvalue weighted by atomic mass is 35.5. The van der Waals surface area contributed by atoms with Crippen molar-refractivity contribution in [3.05, 3.63) is 125 Å². The van der Waals surface area contributed by atoms with Gasteiger partial charge in [-0.2, -0.15) is 0 Å². The molecule has 0 aliphatic carbocycles. The Morgan fingerprint density at radius 2 is 1.46 bits per heavy atom. The fourth-order valence-electron chi connectivity index (χ4n) is 7.07. The number of carbonyl (C=O) groups excluding carboxylic acids is 1. The van der Waals surface area contributed by atoms with Gasteiger partial charge in [-0.15, -0.1) is 0 Å². The van der Waals surface area contributed by atoms with Crippen LogP contribution < -0.4 is 9.64 Å². The minimum Gasteiger partial charge on any atom is -0.410 e. The highest BCUT2D eigenvalue weighted by Crippen LogP contribution is 2.31. The molecule has 7 rings (SSSR count). The van der Waals surface area contributed by atoms with Gasteiger partial charge in [0.05, 0.1) is 23.7 Å². The van der Waals surface area contributed by atoms with Crippen LogP contribution in [0.1, 0.15) is 29.7 Å². The maximum atomic E-state index is 13.1. The molecule has 4 aromatic carbocycles. The molecule has 2 aliphatic rings. The van der Waals surface area contributed by atoms with Crippen LogP contribution in [0.4, 0.5) is 10.7 Å². The molecule has 10 heteroatoms. The summed E-state index contributed by atoms with van der Waals surface area (Å²) >= 11 is 6.21. The smallest absolute Gasteiger partial charge is 0.410 e. The third-order valence-electron chi connectivity index (χ3n) is 9.73. The number of halogens is 1. The number of amides is 1.